The van der Waals surface area contributed by atoms with Gasteiger partial charge in [-0.05, 0) is 43.9 Å². The minimum absolute atomic E-state index is 0.0550. The third-order valence-corrected chi connectivity index (χ3v) is 2.96. The molecular formula is C16H30O3. The van der Waals surface area contributed by atoms with Gasteiger partial charge in [0.1, 0.15) is 18.3 Å². The number of hydrogen-bond acceptors (Lipinski definition) is 3. The molecule has 0 amide bonds. The highest BCUT2D eigenvalue weighted by Crippen LogP contribution is 2.22. The first-order valence-corrected chi connectivity index (χ1v) is 7.39. The van der Waals surface area contributed by atoms with Gasteiger partial charge >= 0.3 is 5.97 Å². The van der Waals surface area contributed by atoms with E-state index in [1.807, 2.05) is 0 Å². The van der Waals surface area contributed by atoms with E-state index in [1.54, 1.807) is 0 Å². The van der Waals surface area contributed by atoms with Crippen molar-refractivity contribution in [2.24, 2.45) is 17.8 Å². The zero-order valence-corrected chi connectivity index (χ0v) is 13.4. The Kier molecular flexibility index (Phi) is 8.70. The second-order valence-electron chi connectivity index (χ2n) is 6.59. The monoisotopic (exact) mass is 270 g/mol. The molecule has 0 aliphatic carbocycles. The van der Waals surface area contributed by atoms with Crippen LogP contribution < -0.4 is 0 Å². The molecule has 0 N–H and O–H groups in total. The molecule has 0 aromatic heterocycles. The maximum absolute atomic E-state index is 11.6. The Bertz CT molecular complexity index is 282. The number of esters is 1. The third kappa shape index (κ3) is 10.7. The molecule has 2 atom stereocenters. The Balaban J connectivity index is 4.37. The van der Waals surface area contributed by atoms with Gasteiger partial charge < -0.3 is 4.74 Å². The minimum Gasteiger partial charge on any atom is -0.462 e. The summed E-state index contributed by atoms with van der Waals surface area (Å²) in [5.41, 5.74) is 0. The molecule has 0 saturated heterocycles. The predicted octanol–water partition coefficient (Wildman–Crippen LogP) is 4.00. The number of ketones is 1. The lowest BCUT2D eigenvalue weighted by Crippen LogP contribution is -2.24. The van der Waals surface area contributed by atoms with Crippen LogP contribution in [-0.4, -0.2) is 17.9 Å². The number of Topliss-reactive ketones (excluding diaryl/α,β-unsaturated/α-hetero) is 1. The molecular weight excluding hydrogens is 240 g/mol. The Morgan fingerprint density at radius 1 is 0.895 bits per heavy atom. The summed E-state index contributed by atoms with van der Waals surface area (Å²) in [7, 11) is 0. The van der Waals surface area contributed by atoms with Gasteiger partial charge in [-0.3, -0.25) is 9.59 Å². The summed E-state index contributed by atoms with van der Waals surface area (Å²) in [5, 5.41) is 0. The van der Waals surface area contributed by atoms with E-state index < -0.39 is 0 Å². The molecule has 0 aromatic rings. The summed E-state index contributed by atoms with van der Waals surface area (Å²) < 4.78 is 5.46. The van der Waals surface area contributed by atoms with E-state index in [4.69, 9.17) is 4.74 Å². The maximum atomic E-state index is 11.6. The van der Waals surface area contributed by atoms with Crippen LogP contribution in [0.4, 0.5) is 0 Å². The standard InChI is InChI=1S/C16H30O3/c1-11(2)7-13(5)9-15(8-12(3)4)19-16(18)10-14(6)17/h11-13,15H,7-10H2,1-6H3/t13-,15+/m1/s1. The van der Waals surface area contributed by atoms with Crippen LogP contribution in [0.25, 0.3) is 0 Å². The smallest absolute Gasteiger partial charge is 0.313 e. The summed E-state index contributed by atoms with van der Waals surface area (Å²) in [4.78, 5) is 22.5. The maximum Gasteiger partial charge on any atom is 0.313 e. The average Bonchev–Trinajstić information content (AvgIpc) is 2.11. The van der Waals surface area contributed by atoms with Crippen molar-refractivity contribution in [1.82, 2.24) is 0 Å². The van der Waals surface area contributed by atoms with E-state index in [0.717, 1.165) is 19.3 Å². The fourth-order valence-corrected chi connectivity index (χ4v) is 2.50. The molecule has 0 heterocycles. The van der Waals surface area contributed by atoms with Crippen molar-refractivity contribution in [2.45, 2.75) is 73.3 Å². The Hall–Kier alpha value is -0.860. The predicted molar refractivity (Wildman–Crippen MR) is 77.9 cm³/mol. The lowest BCUT2D eigenvalue weighted by molar-refractivity contribution is -0.152. The van der Waals surface area contributed by atoms with Gasteiger partial charge in [0, 0.05) is 0 Å². The molecule has 0 unspecified atom stereocenters. The zero-order chi connectivity index (χ0) is 15.0. The van der Waals surface area contributed by atoms with Crippen LogP contribution in [0.2, 0.25) is 0 Å². The van der Waals surface area contributed by atoms with Crippen LogP contribution in [-0.2, 0) is 14.3 Å². The van der Waals surface area contributed by atoms with E-state index >= 15 is 0 Å². The van der Waals surface area contributed by atoms with Crippen molar-refractivity contribution in [3.05, 3.63) is 0 Å². The van der Waals surface area contributed by atoms with E-state index in [1.165, 1.54) is 6.92 Å². The summed E-state index contributed by atoms with van der Waals surface area (Å²) in [6, 6.07) is 0. The highest BCUT2D eigenvalue weighted by atomic mass is 16.5. The van der Waals surface area contributed by atoms with Gasteiger partial charge in [-0.1, -0.05) is 34.6 Å². The average molecular weight is 270 g/mol. The van der Waals surface area contributed by atoms with Crippen LogP contribution in [0.15, 0.2) is 0 Å². The SMILES string of the molecule is CC(=O)CC(=O)O[C@@H](CC(C)C)C[C@H](C)CC(C)C. The quantitative estimate of drug-likeness (QED) is 0.470. The number of carbonyl (C=O) groups excluding carboxylic acids is 2. The van der Waals surface area contributed by atoms with E-state index in [2.05, 4.69) is 34.6 Å². The van der Waals surface area contributed by atoms with Crippen LogP contribution in [0.1, 0.15) is 67.2 Å². The van der Waals surface area contributed by atoms with E-state index in [9.17, 15) is 9.59 Å². The Morgan fingerprint density at radius 2 is 1.42 bits per heavy atom. The van der Waals surface area contributed by atoms with Crippen LogP contribution in [0, 0.1) is 17.8 Å². The van der Waals surface area contributed by atoms with E-state index in [0.29, 0.717) is 17.8 Å². The van der Waals surface area contributed by atoms with Crippen molar-refractivity contribution in [1.29, 1.82) is 0 Å². The molecule has 0 bridgehead atoms. The number of rotatable bonds is 9. The first-order valence-electron chi connectivity index (χ1n) is 7.39. The minimum atomic E-state index is -0.380. The molecule has 0 fully saturated rings. The van der Waals surface area contributed by atoms with Gasteiger partial charge in [0.2, 0.25) is 0 Å². The largest absolute Gasteiger partial charge is 0.462 e. The third-order valence-electron chi connectivity index (χ3n) is 2.96. The molecule has 112 valence electrons. The van der Waals surface area contributed by atoms with Crippen molar-refractivity contribution in [2.75, 3.05) is 0 Å². The molecule has 0 spiro atoms. The summed E-state index contributed by atoms with van der Waals surface area (Å²) in [6.45, 7) is 12.3. The van der Waals surface area contributed by atoms with Crippen molar-refractivity contribution in [3.8, 4) is 0 Å². The molecule has 0 rings (SSSR count). The van der Waals surface area contributed by atoms with Crippen molar-refractivity contribution in [3.63, 3.8) is 0 Å². The van der Waals surface area contributed by atoms with E-state index in [-0.39, 0.29) is 24.3 Å². The summed E-state index contributed by atoms with van der Waals surface area (Å²) in [6.07, 6.45) is 2.73. The highest BCUT2D eigenvalue weighted by Gasteiger charge is 2.20. The van der Waals surface area contributed by atoms with Crippen LogP contribution in [0.3, 0.4) is 0 Å². The van der Waals surface area contributed by atoms with Crippen molar-refractivity contribution < 1.29 is 14.3 Å². The molecule has 0 aliphatic rings. The highest BCUT2D eigenvalue weighted by molar-refractivity contribution is 5.94. The molecule has 3 heteroatoms. The number of ether oxygens (including phenoxy) is 1. The van der Waals surface area contributed by atoms with Gasteiger partial charge in [0.05, 0.1) is 0 Å². The topological polar surface area (TPSA) is 43.4 Å². The second-order valence-corrected chi connectivity index (χ2v) is 6.59. The number of carbonyl (C=O) groups is 2. The van der Waals surface area contributed by atoms with Gasteiger partial charge in [0.15, 0.2) is 0 Å². The first kappa shape index (κ1) is 18.1. The lowest BCUT2D eigenvalue weighted by Gasteiger charge is -2.23. The first-order chi connectivity index (χ1) is 8.70. The normalized spacial score (nSPS) is 14.5. The molecule has 0 radical (unpaired) electrons. The molecule has 3 nitrogen and oxygen atoms in total. The Labute approximate surface area is 118 Å². The van der Waals surface area contributed by atoms with Crippen LogP contribution in [0.5, 0.6) is 0 Å². The summed E-state index contributed by atoms with van der Waals surface area (Å²) >= 11 is 0. The van der Waals surface area contributed by atoms with Crippen LogP contribution >= 0.6 is 0 Å². The molecule has 19 heavy (non-hydrogen) atoms. The fraction of sp³-hybridized carbons (Fsp3) is 0.875. The van der Waals surface area contributed by atoms with Gasteiger partial charge in [-0.2, -0.15) is 0 Å². The van der Waals surface area contributed by atoms with Gasteiger partial charge in [0.25, 0.3) is 0 Å². The number of hydrogen-bond donors (Lipinski definition) is 0. The summed E-state index contributed by atoms with van der Waals surface area (Å²) in [5.74, 6) is 1.16. The van der Waals surface area contributed by atoms with Crippen molar-refractivity contribution >= 4 is 11.8 Å². The molecule has 0 saturated carbocycles. The lowest BCUT2D eigenvalue weighted by atomic mass is 9.91. The zero-order valence-electron chi connectivity index (χ0n) is 13.4. The van der Waals surface area contributed by atoms with Gasteiger partial charge in [-0.25, -0.2) is 0 Å². The Morgan fingerprint density at radius 3 is 1.84 bits per heavy atom. The second kappa shape index (κ2) is 9.11. The van der Waals surface area contributed by atoms with Gasteiger partial charge in [-0.15, -0.1) is 0 Å². The molecule has 0 aromatic carbocycles. The molecule has 0 aliphatic heterocycles. The fourth-order valence-electron chi connectivity index (χ4n) is 2.50.